The molecule has 2 aromatic carbocycles. The number of anilines is 1. The van der Waals surface area contributed by atoms with Gasteiger partial charge in [-0.05, 0) is 68.8 Å². The zero-order valence-electron chi connectivity index (χ0n) is 17.6. The van der Waals surface area contributed by atoms with Gasteiger partial charge < -0.3 is 9.15 Å². The summed E-state index contributed by atoms with van der Waals surface area (Å²) in [6, 6.07) is 13.2. The van der Waals surface area contributed by atoms with Gasteiger partial charge in [0.05, 0.1) is 4.92 Å². The highest BCUT2D eigenvalue weighted by Crippen LogP contribution is 2.23. The number of non-ortho nitro benzene ring substituents is 1. The molecule has 1 heterocycles. The van der Waals surface area contributed by atoms with Crippen LogP contribution in [0.15, 0.2) is 52.9 Å². The molecular weight excluding hydrogens is 400 g/mol. The summed E-state index contributed by atoms with van der Waals surface area (Å²) in [6.07, 6.45) is 2.90. The van der Waals surface area contributed by atoms with Crippen LogP contribution in [-0.4, -0.2) is 33.9 Å². The highest BCUT2D eigenvalue weighted by molar-refractivity contribution is 5.87. The zero-order valence-corrected chi connectivity index (χ0v) is 17.6. The van der Waals surface area contributed by atoms with Crippen LogP contribution in [0.4, 0.5) is 16.2 Å². The van der Waals surface area contributed by atoms with Crippen molar-refractivity contribution in [2.45, 2.75) is 26.4 Å². The van der Waals surface area contributed by atoms with E-state index in [1.165, 1.54) is 17.0 Å². The first-order chi connectivity index (χ1) is 14.6. The SMILES string of the molecule is CN(C(=O)OC(C)(C)C)c1ccc(-c2nnc(/C=C/c3ccc([N+](=O)[O-])cc3)o2)cc1. The summed E-state index contributed by atoms with van der Waals surface area (Å²) in [4.78, 5) is 23.9. The van der Waals surface area contributed by atoms with E-state index in [1.807, 2.05) is 20.8 Å². The fourth-order valence-corrected chi connectivity index (χ4v) is 2.56. The molecule has 0 unspecified atom stereocenters. The third kappa shape index (κ3) is 5.75. The predicted molar refractivity (Wildman–Crippen MR) is 116 cm³/mol. The molecule has 0 atom stereocenters. The Morgan fingerprint density at radius 2 is 1.71 bits per heavy atom. The van der Waals surface area contributed by atoms with Crippen LogP contribution >= 0.6 is 0 Å². The average molecular weight is 422 g/mol. The summed E-state index contributed by atoms with van der Waals surface area (Å²) in [5.74, 6) is 0.623. The fourth-order valence-electron chi connectivity index (χ4n) is 2.56. The van der Waals surface area contributed by atoms with E-state index >= 15 is 0 Å². The van der Waals surface area contributed by atoms with Gasteiger partial charge in [-0.15, -0.1) is 10.2 Å². The number of rotatable bonds is 5. The second-order valence-corrected chi connectivity index (χ2v) is 7.71. The molecule has 31 heavy (non-hydrogen) atoms. The molecule has 9 nitrogen and oxygen atoms in total. The topological polar surface area (TPSA) is 112 Å². The van der Waals surface area contributed by atoms with Crippen molar-refractivity contribution in [2.24, 2.45) is 0 Å². The Hall–Kier alpha value is -4.01. The molecular formula is C22H22N4O5. The predicted octanol–water partition coefficient (Wildman–Crippen LogP) is 5.19. The van der Waals surface area contributed by atoms with Crippen molar-refractivity contribution < 1.29 is 18.9 Å². The Kier molecular flexibility index (Phi) is 6.15. The average Bonchev–Trinajstić information content (AvgIpc) is 3.20. The smallest absolute Gasteiger partial charge is 0.414 e. The van der Waals surface area contributed by atoms with Crippen molar-refractivity contribution in [3.8, 4) is 11.5 Å². The van der Waals surface area contributed by atoms with E-state index in [0.717, 1.165) is 5.56 Å². The highest BCUT2D eigenvalue weighted by Gasteiger charge is 2.20. The van der Waals surface area contributed by atoms with Gasteiger partial charge in [-0.25, -0.2) is 4.79 Å². The minimum Gasteiger partial charge on any atom is -0.443 e. The van der Waals surface area contributed by atoms with E-state index < -0.39 is 16.6 Å². The van der Waals surface area contributed by atoms with Gasteiger partial charge >= 0.3 is 6.09 Å². The summed E-state index contributed by atoms with van der Waals surface area (Å²) in [6.45, 7) is 5.43. The first kappa shape index (κ1) is 21.7. The lowest BCUT2D eigenvalue weighted by molar-refractivity contribution is -0.384. The quantitative estimate of drug-likeness (QED) is 0.411. The van der Waals surface area contributed by atoms with E-state index in [0.29, 0.717) is 23.0 Å². The lowest BCUT2D eigenvalue weighted by Gasteiger charge is -2.24. The Morgan fingerprint density at radius 1 is 1.06 bits per heavy atom. The van der Waals surface area contributed by atoms with Crippen molar-refractivity contribution in [3.63, 3.8) is 0 Å². The monoisotopic (exact) mass is 422 g/mol. The second-order valence-electron chi connectivity index (χ2n) is 7.71. The number of benzene rings is 2. The third-order valence-electron chi connectivity index (χ3n) is 4.13. The van der Waals surface area contributed by atoms with E-state index in [2.05, 4.69) is 10.2 Å². The maximum absolute atomic E-state index is 12.2. The fraction of sp³-hybridized carbons (Fsp3) is 0.227. The highest BCUT2D eigenvalue weighted by atomic mass is 16.6. The van der Waals surface area contributed by atoms with E-state index in [1.54, 1.807) is 55.6 Å². The minimum absolute atomic E-state index is 0.0259. The molecule has 0 bridgehead atoms. The standard InChI is InChI=1S/C22H22N4O5/c1-22(2,3)31-21(27)25(4)17-12-8-16(9-13-17)20-24-23-19(30-20)14-7-15-5-10-18(11-6-15)26(28)29/h5-14H,1-4H3/b14-7+. The number of hydrogen-bond donors (Lipinski definition) is 0. The Balaban J connectivity index is 1.68. The molecule has 0 aliphatic carbocycles. The number of carbonyl (C=O) groups is 1. The van der Waals surface area contributed by atoms with E-state index in [-0.39, 0.29) is 5.69 Å². The first-order valence-electron chi connectivity index (χ1n) is 9.45. The summed E-state index contributed by atoms with van der Waals surface area (Å²) < 4.78 is 11.0. The number of ether oxygens (including phenoxy) is 1. The second kappa shape index (κ2) is 8.78. The van der Waals surface area contributed by atoms with Crippen LogP contribution < -0.4 is 4.90 Å². The number of nitro groups is 1. The maximum Gasteiger partial charge on any atom is 0.414 e. The van der Waals surface area contributed by atoms with Gasteiger partial charge in [-0.1, -0.05) is 0 Å². The number of aromatic nitrogens is 2. The summed E-state index contributed by atoms with van der Waals surface area (Å²) in [7, 11) is 1.64. The van der Waals surface area contributed by atoms with Crippen molar-refractivity contribution in [2.75, 3.05) is 11.9 Å². The molecule has 160 valence electrons. The maximum atomic E-state index is 12.2. The lowest BCUT2D eigenvalue weighted by Crippen LogP contribution is -2.34. The molecule has 3 aromatic rings. The molecule has 0 spiro atoms. The summed E-state index contributed by atoms with van der Waals surface area (Å²) >= 11 is 0. The zero-order chi connectivity index (χ0) is 22.6. The van der Waals surface area contributed by atoms with E-state index in [4.69, 9.17) is 9.15 Å². The van der Waals surface area contributed by atoms with Crippen LogP contribution in [-0.2, 0) is 4.74 Å². The van der Waals surface area contributed by atoms with Crippen molar-refractivity contribution in [3.05, 3.63) is 70.1 Å². The molecule has 0 saturated carbocycles. The lowest BCUT2D eigenvalue weighted by atomic mass is 10.2. The van der Waals surface area contributed by atoms with Gasteiger partial charge in [0, 0.05) is 36.5 Å². The van der Waals surface area contributed by atoms with Crippen LogP contribution in [0, 0.1) is 10.1 Å². The number of hydrogen-bond acceptors (Lipinski definition) is 7. The minimum atomic E-state index is -0.576. The number of nitro benzene ring substituents is 1. The van der Waals surface area contributed by atoms with E-state index in [9.17, 15) is 14.9 Å². The number of amides is 1. The third-order valence-corrected chi connectivity index (χ3v) is 4.13. The molecule has 3 rings (SSSR count). The molecule has 0 fully saturated rings. The molecule has 1 aromatic heterocycles. The van der Waals surface area contributed by atoms with Crippen LogP contribution in [0.25, 0.3) is 23.6 Å². The van der Waals surface area contributed by atoms with Gasteiger partial charge in [0.1, 0.15) is 5.60 Å². The van der Waals surface area contributed by atoms with Gasteiger partial charge in [-0.2, -0.15) is 0 Å². The van der Waals surface area contributed by atoms with Gasteiger partial charge in [0.25, 0.3) is 5.69 Å². The molecule has 0 aliphatic heterocycles. The van der Waals surface area contributed by atoms with Gasteiger partial charge in [0.2, 0.25) is 11.8 Å². The number of nitrogens with zero attached hydrogens (tertiary/aromatic N) is 4. The van der Waals surface area contributed by atoms with Crippen LogP contribution in [0.2, 0.25) is 0 Å². The Labute approximate surface area is 179 Å². The summed E-state index contributed by atoms with van der Waals surface area (Å²) in [5, 5.41) is 18.7. The van der Waals surface area contributed by atoms with Gasteiger partial charge in [0.15, 0.2) is 0 Å². The van der Waals surface area contributed by atoms with Crippen molar-refractivity contribution in [1.29, 1.82) is 0 Å². The molecule has 0 saturated heterocycles. The number of carbonyl (C=O) groups excluding carboxylic acids is 1. The van der Waals surface area contributed by atoms with Crippen molar-refractivity contribution in [1.82, 2.24) is 10.2 Å². The van der Waals surface area contributed by atoms with Crippen molar-refractivity contribution >= 4 is 29.6 Å². The van der Waals surface area contributed by atoms with Crippen LogP contribution in [0.1, 0.15) is 32.2 Å². The molecule has 0 aliphatic rings. The Bertz CT molecular complexity index is 1100. The first-order valence-corrected chi connectivity index (χ1v) is 9.45. The van der Waals surface area contributed by atoms with Crippen LogP contribution in [0.3, 0.4) is 0 Å². The largest absolute Gasteiger partial charge is 0.443 e. The molecule has 0 N–H and O–H groups in total. The van der Waals surface area contributed by atoms with Gasteiger partial charge in [-0.3, -0.25) is 15.0 Å². The molecule has 1 amide bonds. The summed E-state index contributed by atoms with van der Waals surface area (Å²) in [5.41, 5.74) is 1.57. The molecule has 0 radical (unpaired) electrons. The Morgan fingerprint density at radius 3 is 2.29 bits per heavy atom. The van der Waals surface area contributed by atoms with Crippen LogP contribution in [0.5, 0.6) is 0 Å². The normalized spacial score (nSPS) is 11.5. The molecule has 9 heteroatoms.